The van der Waals surface area contributed by atoms with E-state index in [1.54, 1.807) is 7.11 Å². The summed E-state index contributed by atoms with van der Waals surface area (Å²) < 4.78 is 10.6. The van der Waals surface area contributed by atoms with Crippen LogP contribution in [0.1, 0.15) is 20.3 Å². The first kappa shape index (κ1) is 13.5. The number of nitrogens with one attached hydrogen (secondary N) is 1. The van der Waals surface area contributed by atoms with Crippen LogP contribution in [0.5, 0.6) is 0 Å². The molecule has 0 fully saturated rings. The zero-order chi connectivity index (χ0) is 13.7. The maximum atomic E-state index is 5.38. The predicted octanol–water partition coefficient (Wildman–Crippen LogP) is 2.96. The smallest absolute Gasteiger partial charge is 0.247 e. The summed E-state index contributed by atoms with van der Waals surface area (Å²) in [7, 11) is 1.73. The van der Waals surface area contributed by atoms with Crippen molar-refractivity contribution in [3.05, 3.63) is 30.7 Å². The lowest BCUT2D eigenvalue weighted by atomic mass is 10.1. The molecule has 1 heterocycles. The molecule has 2 rings (SSSR count). The summed E-state index contributed by atoms with van der Waals surface area (Å²) in [6, 6.07) is 7.91. The van der Waals surface area contributed by atoms with Crippen molar-refractivity contribution in [2.24, 2.45) is 0 Å². The van der Waals surface area contributed by atoms with Gasteiger partial charge < -0.3 is 14.5 Å². The highest BCUT2D eigenvalue weighted by Crippen LogP contribution is 2.21. The van der Waals surface area contributed by atoms with E-state index in [1.807, 2.05) is 24.3 Å². The van der Waals surface area contributed by atoms with E-state index in [1.165, 1.54) is 6.39 Å². The third-order valence-corrected chi connectivity index (χ3v) is 3.08. The standard InChI is InChI=1S/C14H19N3O2/c1-14(2,18-3)7-8-15-12-6-4-5-11(9-12)13-17-16-10-19-13/h4-6,9-10,15H,7-8H2,1-3H3. The molecule has 0 aliphatic rings. The van der Waals surface area contributed by atoms with Crippen LogP contribution in [0.25, 0.3) is 11.5 Å². The number of ether oxygens (including phenoxy) is 1. The summed E-state index contributed by atoms with van der Waals surface area (Å²) in [5, 5.41) is 10.9. The molecule has 0 unspecified atom stereocenters. The van der Waals surface area contributed by atoms with Gasteiger partial charge in [-0.25, -0.2) is 0 Å². The monoisotopic (exact) mass is 261 g/mol. The first-order chi connectivity index (χ1) is 9.11. The SMILES string of the molecule is COC(C)(C)CCNc1cccc(-c2nnco2)c1. The molecule has 0 aliphatic carbocycles. The Morgan fingerprint density at radius 2 is 2.21 bits per heavy atom. The Morgan fingerprint density at radius 3 is 2.89 bits per heavy atom. The Kier molecular flexibility index (Phi) is 4.16. The van der Waals surface area contributed by atoms with Crippen LogP contribution in [-0.2, 0) is 4.74 Å². The number of anilines is 1. The molecular weight excluding hydrogens is 242 g/mol. The number of aromatic nitrogens is 2. The molecule has 19 heavy (non-hydrogen) atoms. The fourth-order valence-electron chi connectivity index (χ4n) is 1.67. The molecular formula is C14H19N3O2. The quantitative estimate of drug-likeness (QED) is 0.866. The largest absolute Gasteiger partial charge is 0.423 e. The van der Waals surface area contributed by atoms with E-state index >= 15 is 0 Å². The number of hydrogen-bond donors (Lipinski definition) is 1. The average Bonchev–Trinajstić information content (AvgIpc) is 2.93. The molecule has 1 N–H and O–H groups in total. The molecule has 0 saturated carbocycles. The molecule has 5 heteroatoms. The van der Waals surface area contributed by atoms with E-state index < -0.39 is 0 Å². The summed E-state index contributed by atoms with van der Waals surface area (Å²) in [6.45, 7) is 4.99. The van der Waals surface area contributed by atoms with Crippen molar-refractivity contribution in [3.8, 4) is 11.5 Å². The Hall–Kier alpha value is -1.88. The molecule has 0 bridgehead atoms. The number of nitrogens with zero attached hydrogens (tertiary/aromatic N) is 2. The van der Waals surface area contributed by atoms with Crippen LogP contribution >= 0.6 is 0 Å². The molecule has 0 saturated heterocycles. The summed E-state index contributed by atoms with van der Waals surface area (Å²) >= 11 is 0. The van der Waals surface area contributed by atoms with E-state index in [9.17, 15) is 0 Å². The van der Waals surface area contributed by atoms with Crippen LogP contribution in [0.3, 0.4) is 0 Å². The number of benzene rings is 1. The third-order valence-electron chi connectivity index (χ3n) is 3.08. The number of methoxy groups -OCH3 is 1. The molecule has 0 atom stereocenters. The lowest BCUT2D eigenvalue weighted by molar-refractivity contribution is 0.0185. The normalized spacial score (nSPS) is 11.5. The molecule has 0 amide bonds. The van der Waals surface area contributed by atoms with Gasteiger partial charge in [-0.05, 0) is 38.5 Å². The van der Waals surface area contributed by atoms with Crippen LogP contribution in [0, 0.1) is 0 Å². The molecule has 1 aromatic heterocycles. The van der Waals surface area contributed by atoms with Gasteiger partial charge in [0.05, 0.1) is 5.60 Å². The van der Waals surface area contributed by atoms with Gasteiger partial charge >= 0.3 is 0 Å². The van der Waals surface area contributed by atoms with Crippen molar-refractivity contribution in [1.29, 1.82) is 0 Å². The molecule has 2 aromatic rings. The van der Waals surface area contributed by atoms with Crippen molar-refractivity contribution >= 4 is 5.69 Å². The van der Waals surface area contributed by atoms with Crippen LogP contribution < -0.4 is 5.32 Å². The van der Waals surface area contributed by atoms with Gasteiger partial charge in [0.1, 0.15) is 0 Å². The molecule has 1 aromatic carbocycles. The van der Waals surface area contributed by atoms with Crippen LogP contribution in [-0.4, -0.2) is 29.5 Å². The Bertz CT molecular complexity index is 509. The minimum Gasteiger partial charge on any atom is -0.423 e. The highest BCUT2D eigenvalue weighted by atomic mass is 16.5. The topological polar surface area (TPSA) is 60.2 Å². The maximum absolute atomic E-state index is 5.38. The van der Waals surface area contributed by atoms with Crippen molar-refractivity contribution in [1.82, 2.24) is 10.2 Å². The van der Waals surface area contributed by atoms with Gasteiger partial charge in [0.25, 0.3) is 0 Å². The molecule has 102 valence electrons. The minimum absolute atomic E-state index is 0.114. The van der Waals surface area contributed by atoms with Gasteiger partial charge in [-0.15, -0.1) is 10.2 Å². The van der Waals surface area contributed by atoms with Gasteiger partial charge in [0.15, 0.2) is 0 Å². The highest BCUT2D eigenvalue weighted by Gasteiger charge is 2.15. The van der Waals surface area contributed by atoms with Crippen molar-refractivity contribution in [2.75, 3.05) is 19.0 Å². The predicted molar refractivity (Wildman–Crippen MR) is 73.9 cm³/mol. The zero-order valence-corrected chi connectivity index (χ0v) is 11.5. The highest BCUT2D eigenvalue weighted by molar-refractivity contribution is 5.60. The van der Waals surface area contributed by atoms with E-state index in [-0.39, 0.29) is 5.60 Å². The summed E-state index contributed by atoms with van der Waals surface area (Å²) in [5.74, 6) is 0.529. The Balaban J connectivity index is 1.97. The van der Waals surface area contributed by atoms with Crippen LogP contribution in [0.4, 0.5) is 5.69 Å². The van der Waals surface area contributed by atoms with Gasteiger partial charge in [-0.3, -0.25) is 0 Å². The van der Waals surface area contributed by atoms with Gasteiger partial charge in [0.2, 0.25) is 12.3 Å². The molecule has 0 radical (unpaired) electrons. The van der Waals surface area contributed by atoms with E-state index in [0.29, 0.717) is 5.89 Å². The van der Waals surface area contributed by atoms with Crippen molar-refractivity contribution in [2.45, 2.75) is 25.9 Å². The minimum atomic E-state index is -0.114. The molecule has 0 spiro atoms. The number of hydrogen-bond acceptors (Lipinski definition) is 5. The van der Waals surface area contributed by atoms with E-state index in [2.05, 4.69) is 29.4 Å². The van der Waals surface area contributed by atoms with E-state index in [0.717, 1.165) is 24.2 Å². The lowest BCUT2D eigenvalue weighted by Crippen LogP contribution is -2.25. The van der Waals surface area contributed by atoms with Gasteiger partial charge in [0, 0.05) is 24.9 Å². The Morgan fingerprint density at radius 1 is 1.37 bits per heavy atom. The van der Waals surface area contributed by atoms with E-state index in [4.69, 9.17) is 9.15 Å². The van der Waals surface area contributed by atoms with Crippen molar-refractivity contribution in [3.63, 3.8) is 0 Å². The van der Waals surface area contributed by atoms with Crippen molar-refractivity contribution < 1.29 is 9.15 Å². The summed E-state index contributed by atoms with van der Waals surface area (Å²) in [6.07, 6.45) is 2.25. The molecule has 0 aliphatic heterocycles. The van der Waals surface area contributed by atoms with Gasteiger partial charge in [-0.2, -0.15) is 0 Å². The first-order valence-electron chi connectivity index (χ1n) is 6.26. The van der Waals surface area contributed by atoms with Gasteiger partial charge in [-0.1, -0.05) is 6.07 Å². The third kappa shape index (κ3) is 3.79. The molecule has 5 nitrogen and oxygen atoms in total. The zero-order valence-electron chi connectivity index (χ0n) is 11.5. The van der Waals surface area contributed by atoms with Crippen LogP contribution in [0.2, 0.25) is 0 Å². The lowest BCUT2D eigenvalue weighted by Gasteiger charge is -2.23. The van der Waals surface area contributed by atoms with Crippen LogP contribution in [0.15, 0.2) is 35.1 Å². The summed E-state index contributed by atoms with van der Waals surface area (Å²) in [5.41, 5.74) is 1.83. The second kappa shape index (κ2) is 5.84. The first-order valence-corrected chi connectivity index (χ1v) is 6.26. The average molecular weight is 261 g/mol. The summed E-state index contributed by atoms with van der Waals surface area (Å²) in [4.78, 5) is 0. The second-order valence-electron chi connectivity index (χ2n) is 4.97. The fourth-order valence-corrected chi connectivity index (χ4v) is 1.67. The second-order valence-corrected chi connectivity index (χ2v) is 4.97. The maximum Gasteiger partial charge on any atom is 0.247 e. The Labute approximate surface area is 113 Å². The fraction of sp³-hybridized carbons (Fsp3) is 0.429. The number of rotatable bonds is 6.